The van der Waals surface area contributed by atoms with Gasteiger partial charge in [0.25, 0.3) is 0 Å². The van der Waals surface area contributed by atoms with Crippen LogP contribution in [-0.2, 0) is 32.5 Å². The summed E-state index contributed by atoms with van der Waals surface area (Å²) in [5, 5.41) is 14.2. The van der Waals surface area contributed by atoms with E-state index in [1.807, 2.05) is 44.2 Å². The summed E-state index contributed by atoms with van der Waals surface area (Å²) in [7, 11) is -4.03. The van der Waals surface area contributed by atoms with E-state index in [0.717, 1.165) is 24.8 Å². The third-order valence-electron chi connectivity index (χ3n) is 6.97. The maximum Gasteiger partial charge on any atom is 0.407 e. The van der Waals surface area contributed by atoms with Crippen molar-refractivity contribution in [3.63, 3.8) is 0 Å². The summed E-state index contributed by atoms with van der Waals surface area (Å²) in [4.78, 5) is 16.9. The number of aliphatic hydroxyl groups excluding tert-OH is 1. The predicted molar refractivity (Wildman–Crippen MR) is 162 cm³/mol. The highest BCUT2D eigenvalue weighted by atomic mass is 32.2. The maximum absolute atomic E-state index is 13.9. The largest absolute Gasteiger partial charge is 0.465 e. The molecule has 1 saturated heterocycles. The van der Waals surface area contributed by atoms with E-state index in [9.17, 15) is 18.3 Å². The van der Waals surface area contributed by atoms with E-state index in [-0.39, 0.29) is 36.9 Å². The van der Waals surface area contributed by atoms with Gasteiger partial charge in [-0.2, -0.15) is 4.31 Å². The van der Waals surface area contributed by atoms with Crippen molar-refractivity contribution >= 4 is 16.1 Å². The van der Waals surface area contributed by atoms with E-state index in [4.69, 9.17) is 14.2 Å². The van der Waals surface area contributed by atoms with Crippen molar-refractivity contribution in [2.24, 2.45) is 5.92 Å². The monoisotopic (exact) mass is 611 g/mol. The summed E-state index contributed by atoms with van der Waals surface area (Å²) in [6.07, 6.45) is 3.81. The number of hydrogen-bond acceptors (Lipinski definition) is 8. The molecule has 10 nitrogen and oxygen atoms in total. The standard InChI is InChI=1S/C32H41N3O7S/c1-24(2)21-35(43(38,39)28-14-8-13-27(19-28)42-31-15-6-7-17-40-31)22-30(36)29(18-25-10-4-3-5-11-25)34-32(37)41-23-26-12-9-16-33-20-26/h3-5,8-14,16,19-20,24,29-31,36H,6-7,15,17-18,21-23H2,1-2H3,(H,34,37)/t29-,30+,31?/m0/s1. The lowest BCUT2D eigenvalue weighted by molar-refractivity contribution is -0.106. The molecule has 1 aromatic heterocycles. The first kappa shape index (κ1) is 32.4. The first-order chi connectivity index (χ1) is 20.7. The van der Waals surface area contributed by atoms with E-state index < -0.39 is 34.6 Å². The van der Waals surface area contributed by atoms with Crippen LogP contribution in [0.25, 0.3) is 0 Å². The average molecular weight is 612 g/mol. The Morgan fingerprint density at radius 1 is 1.07 bits per heavy atom. The van der Waals surface area contributed by atoms with Crippen LogP contribution in [0.4, 0.5) is 4.79 Å². The highest BCUT2D eigenvalue weighted by molar-refractivity contribution is 7.89. The summed E-state index contributed by atoms with van der Waals surface area (Å²) in [6.45, 7) is 4.36. The molecule has 1 aliphatic rings. The van der Waals surface area contributed by atoms with Crippen LogP contribution in [0, 0.1) is 5.92 Å². The second-order valence-corrected chi connectivity index (χ2v) is 13.0. The lowest BCUT2D eigenvalue weighted by atomic mass is 10.0. The Bertz CT molecular complexity index is 1380. The Hall–Kier alpha value is -3.51. The van der Waals surface area contributed by atoms with Gasteiger partial charge in [0.15, 0.2) is 6.29 Å². The number of aliphatic hydroxyl groups is 1. The van der Waals surface area contributed by atoms with E-state index in [1.165, 1.54) is 16.4 Å². The van der Waals surface area contributed by atoms with Gasteiger partial charge >= 0.3 is 6.09 Å². The molecule has 4 rings (SSSR count). The van der Waals surface area contributed by atoms with Crippen molar-refractivity contribution in [2.45, 2.75) is 69.5 Å². The molecule has 43 heavy (non-hydrogen) atoms. The van der Waals surface area contributed by atoms with E-state index in [2.05, 4.69) is 10.3 Å². The fourth-order valence-corrected chi connectivity index (χ4v) is 6.46. The van der Waals surface area contributed by atoms with Gasteiger partial charge in [0.1, 0.15) is 12.4 Å². The van der Waals surface area contributed by atoms with Gasteiger partial charge in [0.05, 0.1) is 23.6 Å². The Balaban J connectivity index is 1.51. The Morgan fingerprint density at radius 2 is 1.86 bits per heavy atom. The number of rotatable bonds is 14. The molecule has 11 heteroatoms. The first-order valence-electron chi connectivity index (χ1n) is 14.6. The van der Waals surface area contributed by atoms with Gasteiger partial charge < -0.3 is 24.6 Å². The quantitative estimate of drug-likeness (QED) is 0.272. The van der Waals surface area contributed by atoms with Crippen molar-refractivity contribution in [1.82, 2.24) is 14.6 Å². The first-order valence-corrected chi connectivity index (χ1v) is 16.1. The van der Waals surface area contributed by atoms with E-state index >= 15 is 0 Å². The van der Waals surface area contributed by atoms with Crippen molar-refractivity contribution in [3.8, 4) is 5.75 Å². The SMILES string of the molecule is CC(C)CN(C[C@@H](O)[C@H](Cc1ccccc1)NC(=O)OCc1cccnc1)S(=O)(=O)c1cccc(OC2CCCCO2)c1. The van der Waals surface area contributed by atoms with Crippen molar-refractivity contribution in [1.29, 1.82) is 0 Å². The molecule has 232 valence electrons. The smallest absolute Gasteiger partial charge is 0.407 e. The van der Waals surface area contributed by atoms with Gasteiger partial charge in [0.2, 0.25) is 10.0 Å². The summed E-state index contributed by atoms with van der Waals surface area (Å²) < 4.78 is 46.0. The van der Waals surface area contributed by atoms with Crippen molar-refractivity contribution in [2.75, 3.05) is 19.7 Å². The molecule has 2 aromatic carbocycles. The molecule has 2 N–H and O–H groups in total. The van der Waals surface area contributed by atoms with Gasteiger partial charge in [-0.05, 0) is 48.9 Å². The number of benzene rings is 2. The van der Waals surface area contributed by atoms with E-state index in [1.54, 1.807) is 36.7 Å². The molecule has 0 saturated carbocycles. The summed E-state index contributed by atoms with van der Waals surface area (Å²) in [5.41, 5.74) is 1.58. The van der Waals surface area contributed by atoms with Crippen LogP contribution >= 0.6 is 0 Å². The molecule has 3 aromatic rings. The second kappa shape index (κ2) is 15.8. The second-order valence-electron chi connectivity index (χ2n) is 11.1. The zero-order valence-electron chi connectivity index (χ0n) is 24.7. The highest BCUT2D eigenvalue weighted by Gasteiger charge is 2.32. The van der Waals surface area contributed by atoms with Crippen molar-refractivity contribution < 1.29 is 32.5 Å². The minimum absolute atomic E-state index is 0.00594. The minimum atomic E-state index is -4.03. The topological polar surface area (TPSA) is 127 Å². The van der Waals surface area contributed by atoms with Crippen LogP contribution in [0.1, 0.15) is 44.2 Å². The molecule has 0 aliphatic carbocycles. The van der Waals surface area contributed by atoms with Gasteiger partial charge in [-0.15, -0.1) is 0 Å². The van der Waals surface area contributed by atoms with Crippen LogP contribution in [0.3, 0.4) is 0 Å². The molecule has 1 unspecified atom stereocenters. The third-order valence-corrected chi connectivity index (χ3v) is 8.79. The number of sulfonamides is 1. The number of carbonyl (C=O) groups excluding carboxylic acids is 1. The number of nitrogens with one attached hydrogen (secondary N) is 1. The molecule has 1 aliphatic heterocycles. The van der Waals surface area contributed by atoms with Crippen molar-refractivity contribution in [3.05, 3.63) is 90.3 Å². The number of hydrogen-bond donors (Lipinski definition) is 2. The molecule has 0 spiro atoms. The van der Waals surface area contributed by atoms with Gasteiger partial charge in [-0.1, -0.05) is 56.3 Å². The molecule has 0 bridgehead atoms. The normalized spacial score (nSPS) is 16.9. The number of nitrogens with zero attached hydrogens (tertiary/aromatic N) is 2. The zero-order chi connectivity index (χ0) is 30.7. The number of amides is 1. The Labute approximate surface area is 254 Å². The Morgan fingerprint density at radius 3 is 2.56 bits per heavy atom. The molecule has 3 atom stereocenters. The minimum Gasteiger partial charge on any atom is -0.465 e. The van der Waals surface area contributed by atoms with Gasteiger partial charge in [0, 0.05) is 43.5 Å². The number of alkyl carbamates (subject to hydrolysis) is 1. The van der Waals surface area contributed by atoms with Gasteiger partial charge in [-0.3, -0.25) is 4.98 Å². The van der Waals surface area contributed by atoms with Crippen LogP contribution < -0.4 is 10.1 Å². The zero-order valence-corrected chi connectivity index (χ0v) is 25.5. The molecule has 2 heterocycles. The van der Waals surface area contributed by atoms with E-state index in [0.29, 0.717) is 17.9 Å². The number of pyridine rings is 1. The maximum atomic E-state index is 13.9. The summed E-state index contributed by atoms with van der Waals surface area (Å²) >= 11 is 0. The fraction of sp³-hybridized carbons (Fsp3) is 0.438. The molecule has 1 amide bonds. The summed E-state index contributed by atoms with van der Waals surface area (Å²) in [6, 6.07) is 18.4. The average Bonchev–Trinajstić information content (AvgIpc) is 3.01. The van der Waals surface area contributed by atoms with Crippen LogP contribution in [0.2, 0.25) is 0 Å². The lowest BCUT2D eigenvalue weighted by Gasteiger charge is -2.30. The van der Waals surface area contributed by atoms with Crippen LogP contribution in [0.15, 0.2) is 84.0 Å². The molecule has 1 fully saturated rings. The number of aromatic nitrogens is 1. The third kappa shape index (κ3) is 10.0. The number of carbonyl (C=O) groups is 1. The Kier molecular flexibility index (Phi) is 11.9. The molecule has 0 radical (unpaired) electrons. The number of ether oxygens (including phenoxy) is 3. The molecular weight excluding hydrogens is 570 g/mol. The van der Waals surface area contributed by atoms with Gasteiger partial charge in [-0.25, -0.2) is 13.2 Å². The fourth-order valence-electron chi connectivity index (χ4n) is 4.80. The molecular formula is C32H41N3O7S. The highest BCUT2D eigenvalue weighted by Crippen LogP contribution is 2.25. The van der Waals surface area contributed by atoms with Crippen LogP contribution in [-0.4, -0.2) is 67.0 Å². The van der Waals surface area contributed by atoms with Crippen LogP contribution in [0.5, 0.6) is 5.75 Å². The lowest BCUT2D eigenvalue weighted by Crippen LogP contribution is -2.51. The predicted octanol–water partition coefficient (Wildman–Crippen LogP) is 4.53. The summed E-state index contributed by atoms with van der Waals surface area (Å²) in [5.74, 6) is 0.375.